The molecule has 0 radical (unpaired) electrons. The molecule has 0 amide bonds. The second-order valence-corrected chi connectivity index (χ2v) is 15.0. The lowest BCUT2D eigenvalue weighted by Crippen LogP contribution is -2.30. The first-order valence-electron chi connectivity index (χ1n) is 23.6. The van der Waals surface area contributed by atoms with Gasteiger partial charge in [-0.05, 0) is 89.9 Å². The Kier molecular flexibility index (Phi) is 44.2. The first-order chi connectivity index (χ1) is 29.5. The zero-order valence-electron chi connectivity index (χ0n) is 38.2. The van der Waals surface area contributed by atoms with Gasteiger partial charge in [0.2, 0.25) is 0 Å². The van der Waals surface area contributed by atoms with Crippen molar-refractivity contribution >= 4 is 17.9 Å². The van der Waals surface area contributed by atoms with Crippen LogP contribution in [0.15, 0.2) is 122 Å². The summed E-state index contributed by atoms with van der Waals surface area (Å²) < 4.78 is 16.6. The number of esters is 3. The van der Waals surface area contributed by atoms with Crippen molar-refractivity contribution in [2.75, 3.05) is 13.2 Å². The van der Waals surface area contributed by atoms with Gasteiger partial charge in [0.25, 0.3) is 0 Å². The molecule has 0 aromatic heterocycles. The predicted molar refractivity (Wildman–Crippen MR) is 256 cm³/mol. The van der Waals surface area contributed by atoms with Gasteiger partial charge in [-0.1, -0.05) is 194 Å². The molecule has 6 heteroatoms. The molecule has 0 aromatic carbocycles. The maximum absolute atomic E-state index is 12.7. The van der Waals surface area contributed by atoms with Gasteiger partial charge in [-0.25, -0.2) is 0 Å². The molecule has 0 heterocycles. The fourth-order valence-electron chi connectivity index (χ4n) is 5.79. The van der Waals surface area contributed by atoms with E-state index in [2.05, 4.69) is 87.6 Å². The first kappa shape index (κ1) is 55.8. The largest absolute Gasteiger partial charge is 0.462 e. The molecule has 0 aliphatic carbocycles. The molecule has 1 atom stereocenters. The molecule has 0 N–H and O–H groups in total. The molecule has 0 aliphatic heterocycles. The van der Waals surface area contributed by atoms with Crippen LogP contribution in [-0.4, -0.2) is 37.2 Å². The fraction of sp³-hybridized carbons (Fsp3) is 0.574. The highest BCUT2D eigenvalue weighted by Crippen LogP contribution is 2.12. The van der Waals surface area contributed by atoms with Crippen LogP contribution in [0, 0.1) is 0 Å². The number of rotatable bonds is 40. The zero-order chi connectivity index (χ0) is 43.7. The van der Waals surface area contributed by atoms with Crippen molar-refractivity contribution in [3.8, 4) is 0 Å². The minimum absolute atomic E-state index is 0.121. The number of allylic oxidation sites excluding steroid dienone is 20. The Morgan fingerprint density at radius 3 is 1.27 bits per heavy atom. The van der Waals surface area contributed by atoms with Crippen molar-refractivity contribution in [1.29, 1.82) is 0 Å². The molecule has 0 aliphatic rings. The van der Waals surface area contributed by atoms with Crippen LogP contribution >= 0.6 is 0 Å². The Labute approximate surface area is 367 Å². The summed E-state index contributed by atoms with van der Waals surface area (Å²) in [4.78, 5) is 37.8. The molecular weight excluding hydrogens is 745 g/mol. The molecule has 60 heavy (non-hydrogen) atoms. The van der Waals surface area contributed by atoms with E-state index in [1.807, 2.05) is 54.7 Å². The van der Waals surface area contributed by atoms with Crippen molar-refractivity contribution in [3.05, 3.63) is 122 Å². The first-order valence-corrected chi connectivity index (χ1v) is 23.6. The van der Waals surface area contributed by atoms with E-state index in [1.54, 1.807) is 0 Å². The van der Waals surface area contributed by atoms with Crippen molar-refractivity contribution in [2.24, 2.45) is 0 Å². The molecule has 0 saturated heterocycles. The standard InChI is InChI=1S/C54H84O6/c1-4-7-10-13-16-19-22-24-25-26-27-28-29-31-32-35-38-41-44-47-53(56)59-50-51(49-58-52(55)46-43-40-37-34-21-18-15-12-9-6-3)60-54(57)48-45-42-39-36-33-30-23-20-17-14-11-8-5-2/h7-8,10-11,14-20,23-25,27-28,30,33,36,39,51H,4-6,9,12-13,21-22,26,29,31-32,34-35,37-38,40-50H2,1-3H3/b10-7-,11-8-,17-14-,18-15-,19-16-,23-20-,25-24-,28-27-,33-30-,39-36-. The number of unbranched alkanes of at least 4 members (excludes halogenated alkanes) is 13. The van der Waals surface area contributed by atoms with Gasteiger partial charge >= 0.3 is 17.9 Å². The average molecular weight is 829 g/mol. The van der Waals surface area contributed by atoms with Gasteiger partial charge in [-0.15, -0.1) is 0 Å². The van der Waals surface area contributed by atoms with Crippen LogP contribution in [0.3, 0.4) is 0 Å². The topological polar surface area (TPSA) is 78.9 Å². The Morgan fingerprint density at radius 1 is 0.367 bits per heavy atom. The third kappa shape index (κ3) is 44.9. The fourth-order valence-corrected chi connectivity index (χ4v) is 5.79. The van der Waals surface area contributed by atoms with Gasteiger partial charge in [0.1, 0.15) is 13.2 Å². The molecule has 0 saturated carbocycles. The van der Waals surface area contributed by atoms with Crippen LogP contribution in [0.1, 0.15) is 181 Å². The normalized spacial score (nSPS) is 13.2. The summed E-state index contributed by atoms with van der Waals surface area (Å²) in [5.41, 5.74) is 0. The zero-order valence-corrected chi connectivity index (χ0v) is 38.2. The summed E-state index contributed by atoms with van der Waals surface area (Å²) >= 11 is 0. The van der Waals surface area contributed by atoms with Gasteiger partial charge in [0, 0.05) is 19.3 Å². The quantitative estimate of drug-likeness (QED) is 0.0201. The molecule has 0 spiro atoms. The van der Waals surface area contributed by atoms with Crippen LogP contribution in [0.5, 0.6) is 0 Å². The number of hydrogen-bond donors (Lipinski definition) is 0. The third-order valence-corrected chi connectivity index (χ3v) is 9.31. The molecule has 0 rings (SSSR count). The maximum atomic E-state index is 12.7. The Balaban J connectivity index is 4.50. The molecule has 0 fully saturated rings. The Bertz CT molecular complexity index is 1320. The molecule has 1 unspecified atom stereocenters. The second-order valence-electron chi connectivity index (χ2n) is 15.0. The Hall–Kier alpha value is -4.19. The number of hydrogen-bond acceptors (Lipinski definition) is 6. The predicted octanol–water partition coefficient (Wildman–Crippen LogP) is 15.4. The monoisotopic (exact) mass is 829 g/mol. The molecular formula is C54H84O6. The number of carbonyl (C=O) groups is 3. The maximum Gasteiger partial charge on any atom is 0.306 e. The van der Waals surface area contributed by atoms with E-state index in [1.165, 1.54) is 25.7 Å². The highest BCUT2D eigenvalue weighted by molar-refractivity contribution is 5.71. The van der Waals surface area contributed by atoms with Gasteiger partial charge < -0.3 is 14.2 Å². The second kappa shape index (κ2) is 47.5. The van der Waals surface area contributed by atoms with E-state index >= 15 is 0 Å². The highest BCUT2D eigenvalue weighted by Gasteiger charge is 2.19. The summed E-state index contributed by atoms with van der Waals surface area (Å²) in [6.07, 6.45) is 64.8. The van der Waals surface area contributed by atoms with Crippen molar-refractivity contribution in [2.45, 2.75) is 187 Å². The van der Waals surface area contributed by atoms with Crippen LogP contribution in [0.25, 0.3) is 0 Å². The van der Waals surface area contributed by atoms with Crippen molar-refractivity contribution in [3.63, 3.8) is 0 Å². The van der Waals surface area contributed by atoms with Gasteiger partial charge in [0.05, 0.1) is 0 Å². The minimum Gasteiger partial charge on any atom is -0.462 e. The molecule has 336 valence electrons. The summed E-state index contributed by atoms with van der Waals surface area (Å²) in [5.74, 6) is -1.04. The number of ether oxygens (including phenoxy) is 3. The van der Waals surface area contributed by atoms with Crippen LogP contribution < -0.4 is 0 Å². The lowest BCUT2D eigenvalue weighted by Gasteiger charge is -2.18. The van der Waals surface area contributed by atoms with Gasteiger partial charge in [0.15, 0.2) is 6.10 Å². The van der Waals surface area contributed by atoms with E-state index in [0.29, 0.717) is 19.3 Å². The minimum atomic E-state index is -0.827. The lowest BCUT2D eigenvalue weighted by molar-refractivity contribution is -0.167. The van der Waals surface area contributed by atoms with Crippen molar-refractivity contribution < 1.29 is 28.6 Å². The van der Waals surface area contributed by atoms with Crippen molar-refractivity contribution in [1.82, 2.24) is 0 Å². The van der Waals surface area contributed by atoms with Crippen LogP contribution in [0.4, 0.5) is 0 Å². The SMILES string of the molecule is CC\C=C/C=C\C=C/C=C\C=C/CCCC(=O)OC(COC(=O)CCCCCC/C=C\CCCC)COC(=O)CCCCCCCC/C=C\C/C=C\C/C=C\C/C=C\CC. The van der Waals surface area contributed by atoms with Crippen LogP contribution in [-0.2, 0) is 28.6 Å². The third-order valence-electron chi connectivity index (χ3n) is 9.31. The summed E-state index contributed by atoms with van der Waals surface area (Å²) in [6, 6.07) is 0. The van der Waals surface area contributed by atoms with E-state index < -0.39 is 12.1 Å². The molecule has 6 nitrogen and oxygen atoms in total. The van der Waals surface area contributed by atoms with E-state index in [9.17, 15) is 14.4 Å². The van der Waals surface area contributed by atoms with E-state index in [-0.39, 0.29) is 31.6 Å². The van der Waals surface area contributed by atoms with Gasteiger partial charge in [-0.2, -0.15) is 0 Å². The molecule has 0 aromatic rings. The summed E-state index contributed by atoms with van der Waals surface area (Å²) in [6.45, 7) is 6.22. The smallest absolute Gasteiger partial charge is 0.306 e. The molecule has 0 bridgehead atoms. The average Bonchev–Trinajstić information content (AvgIpc) is 3.24. The number of carbonyl (C=O) groups excluding carboxylic acids is 3. The van der Waals surface area contributed by atoms with E-state index in [4.69, 9.17) is 14.2 Å². The summed E-state index contributed by atoms with van der Waals surface area (Å²) in [7, 11) is 0. The van der Waals surface area contributed by atoms with E-state index in [0.717, 1.165) is 109 Å². The summed E-state index contributed by atoms with van der Waals surface area (Å²) in [5, 5.41) is 0. The van der Waals surface area contributed by atoms with Crippen LogP contribution in [0.2, 0.25) is 0 Å². The Morgan fingerprint density at radius 2 is 0.750 bits per heavy atom. The van der Waals surface area contributed by atoms with Gasteiger partial charge in [-0.3, -0.25) is 14.4 Å². The lowest BCUT2D eigenvalue weighted by atomic mass is 10.1. The highest BCUT2D eigenvalue weighted by atomic mass is 16.6.